The minimum Gasteiger partial charge on any atom is -0.494 e. The van der Waals surface area contributed by atoms with Gasteiger partial charge in [-0.2, -0.15) is 5.10 Å². The summed E-state index contributed by atoms with van der Waals surface area (Å²) in [6, 6.07) is 11.1. The number of ether oxygens (including phenoxy) is 1. The van der Waals surface area contributed by atoms with E-state index < -0.39 is 0 Å². The molecule has 2 bridgehead atoms. The molecule has 212 valence electrons. The molecule has 1 fully saturated rings. The Labute approximate surface area is 241 Å². The summed E-state index contributed by atoms with van der Waals surface area (Å²) in [6.07, 6.45) is 4.45. The van der Waals surface area contributed by atoms with E-state index in [9.17, 15) is 14.4 Å². The minimum absolute atomic E-state index is 0.0860. The lowest BCUT2D eigenvalue weighted by Crippen LogP contribution is -2.47. The van der Waals surface area contributed by atoms with Crippen LogP contribution >= 0.6 is 11.3 Å². The molecule has 3 aromatic heterocycles. The van der Waals surface area contributed by atoms with Gasteiger partial charge in [0.05, 0.1) is 36.1 Å². The number of thiazole rings is 1. The molecule has 1 N–H and O–H groups in total. The van der Waals surface area contributed by atoms with Crippen molar-refractivity contribution in [3.8, 4) is 5.75 Å². The monoisotopic (exact) mass is 573 g/mol. The van der Waals surface area contributed by atoms with Crippen LogP contribution in [0.15, 0.2) is 48.8 Å². The third kappa shape index (κ3) is 5.51. The lowest BCUT2D eigenvalue weighted by Gasteiger charge is -2.25. The Morgan fingerprint density at radius 1 is 1.07 bits per heavy atom. The van der Waals surface area contributed by atoms with Crippen LogP contribution < -0.4 is 10.1 Å². The first-order chi connectivity index (χ1) is 19.9. The van der Waals surface area contributed by atoms with Crippen molar-refractivity contribution in [2.24, 2.45) is 0 Å². The number of hydrogen-bond donors (Lipinski definition) is 1. The van der Waals surface area contributed by atoms with Gasteiger partial charge in [-0.1, -0.05) is 12.1 Å². The van der Waals surface area contributed by atoms with Gasteiger partial charge in [0.2, 0.25) is 5.91 Å². The molecule has 2 aliphatic rings. The summed E-state index contributed by atoms with van der Waals surface area (Å²) >= 11 is 1.39. The van der Waals surface area contributed by atoms with Gasteiger partial charge < -0.3 is 19.9 Å². The van der Waals surface area contributed by atoms with Crippen molar-refractivity contribution in [3.05, 3.63) is 75.6 Å². The van der Waals surface area contributed by atoms with Crippen LogP contribution in [-0.4, -0.2) is 85.9 Å². The van der Waals surface area contributed by atoms with Gasteiger partial charge in [0, 0.05) is 31.7 Å². The van der Waals surface area contributed by atoms with Crippen molar-refractivity contribution in [1.29, 1.82) is 0 Å². The number of rotatable bonds is 2. The third-order valence-corrected chi connectivity index (χ3v) is 8.61. The topological polar surface area (TPSA) is 122 Å². The first-order valence-electron chi connectivity index (χ1n) is 13.7. The number of likely N-dealkylation sites (tertiary alicyclic amines) is 1. The van der Waals surface area contributed by atoms with Crippen molar-refractivity contribution in [1.82, 2.24) is 34.7 Å². The Morgan fingerprint density at radius 2 is 1.95 bits per heavy atom. The van der Waals surface area contributed by atoms with Crippen LogP contribution in [0.5, 0.6) is 5.75 Å². The van der Waals surface area contributed by atoms with Crippen molar-refractivity contribution in [2.75, 3.05) is 32.8 Å². The standard InChI is InChI=1S/C29H31N7O4S/c1-18-27(41-19(2)32-18)29(39)35-15-22-20-7-5-8-21(13-20)40-12-4-3-11-34(17-26(37)33-23(22)16-35)28(38)24-14-30-25-9-6-10-31-36(24)25/h5-10,13-14,22-23H,3-4,11-12,15-17H2,1-2H3,(H,33,37)/t22-,23+/m1/s1. The molecule has 12 heteroatoms. The van der Waals surface area contributed by atoms with Crippen LogP contribution in [0.4, 0.5) is 0 Å². The number of aryl methyl sites for hydroxylation is 2. The summed E-state index contributed by atoms with van der Waals surface area (Å²) in [4.78, 5) is 53.3. The first kappa shape index (κ1) is 26.9. The summed E-state index contributed by atoms with van der Waals surface area (Å²) < 4.78 is 7.53. The van der Waals surface area contributed by atoms with Crippen LogP contribution in [0.25, 0.3) is 5.65 Å². The first-order valence-corrected chi connectivity index (χ1v) is 14.5. The maximum atomic E-state index is 13.6. The van der Waals surface area contributed by atoms with E-state index in [4.69, 9.17) is 4.74 Å². The second kappa shape index (κ2) is 11.3. The zero-order valence-corrected chi connectivity index (χ0v) is 23.8. The number of nitrogens with zero attached hydrogens (tertiary/aromatic N) is 6. The largest absolute Gasteiger partial charge is 0.494 e. The number of fused-ring (bicyclic) bond motifs is 5. The number of aromatic nitrogens is 4. The van der Waals surface area contributed by atoms with E-state index >= 15 is 0 Å². The molecule has 3 amide bonds. The van der Waals surface area contributed by atoms with Crippen LogP contribution in [0.1, 0.15) is 55.2 Å². The van der Waals surface area contributed by atoms with Crippen molar-refractivity contribution >= 4 is 34.7 Å². The second-order valence-corrected chi connectivity index (χ2v) is 11.6. The molecule has 0 unspecified atom stereocenters. The molecule has 1 saturated heterocycles. The molecule has 2 aliphatic heterocycles. The van der Waals surface area contributed by atoms with E-state index in [1.807, 2.05) is 38.1 Å². The maximum Gasteiger partial charge on any atom is 0.274 e. The predicted molar refractivity (Wildman–Crippen MR) is 152 cm³/mol. The number of benzene rings is 1. The highest BCUT2D eigenvalue weighted by Crippen LogP contribution is 2.32. The summed E-state index contributed by atoms with van der Waals surface area (Å²) in [5.74, 6) is -0.0832. The second-order valence-electron chi connectivity index (χ2n) is 10.4. The van der Waals surface area contributed by atoms with E-state index in [-0.39, 0.29) is 36.2 Å². The Balaban J connectivity index is 1.27. The van der Waals surface area contributed by atoms with Gasteiger partial charge in [-0.15, -0.1) is 11.3 Å². The highest BCUT2D eigenvalue weighted by molar-refractivity contribution is 7.13. The molecule has 4 aromatic rings. The van der Waals surface area contributed by atoms with Crippen molar-refractivity contribution < 1.29 is 19.1 Å². The highest BCUT2D eigenvalue weighted by Gasteiger charge is 2.39. The van der Waals surface area contributed by atoms with E-state index in [2.05, 4.69) is 20.4 Å². The number of carbonyl (C=O) groups excluding carboxylic acids is 3. The number of hydrogen-bond acceptors (Lipinski definition) is 8. The summed E-state index contributed by atoms with van der Waals surface area (Å²) in [6.45, 7) is 5.26. The van der Waals surface area contributed by atoms with Gasteiger partial charge in [0.25, 0.3) is 11.8 Å². The molecular formula is C29H31N7O4S. The predicted octanol–water partition coefficient (Wildman–Crippen LogP) is 2.84. The van der Waals surface area contributed by atoms with E-state index in [0.717, 1.165) is 16.3 Å². The minimum atomic E-state index is -0.339. The van der Waals surface area contributed by atoms with E-state index in [0.29, 0.717) is 61.0 Å². The molecule has 2 atom stereocenters. The van der Waals surface area contributed by atoms with Gasteiger partial charge in [0.1, 0.15) is 10.6 Å². The van der Waals surface area contributed by atoms with Gasteiger partial charge in [-0.3, -0.25) is 14.4 Å². The Hall–Kier alpha value is -4.32. The molecule has 6 rings (SSSR count). The molecule has 0 radical (unpaired) electrons. The van der Waals surface area contributed by atoms with Crippen molar-refractivity contribution in [2.45, 2.75) is 38.6 Å². The molecule has 1 aromatic carbocycles. The fourth-order valence-corrected chi connectivity index (χ4v) is 6.46. The zero-order valence-electron chi connectivity index (χ0n) is 22.9. The normalized spacial score (nSPS) is 19.8. The van der Waals surface area contributed by atoms with Crippen LogP contribution in [0.2, 0.25) is 0 Å². The SMILES string of the molecule is Cc1nc(C)c(C(=O)N2C[C@@H]3NC(=O)CN(C(=O)c4cnc5cccnn45)CCCCOc4cccc(c4)[C@H]3C2)s1. The number of amides is 3. The highest BCUT2D eigenvalue weighted by atomic mass is 32.1. The van der Waals surface area contributed by atoms with Crippen LogP contribution in [0, 0.1) is 13.8 Å². The third-order valence-electron chi connectivity index (χ3n) is 7.55. The summed E-state index contributed by atoms with van der Waals surface area (Å²) in [7, 11) is 0. The lowest BCUT2D eigenvalue weighted by molar-refractivity contribution is -0.122. The number of nitrogens with one attached hydrogen (secondary N) is 1. The van der Waals surface area contributed by atoms with E-state index in [1.165, 1.54) is 26.9 Å². The zero-order chi connectivity index (χ0) is 28.5. The lowest BCUT2D eigenvalue weighted by atomic mass is 9.94. The van der Waals surface area contributed by atoms with E-state index in [1.54, 1.807) is 23.2 Å². The molecule has 41 heavy (non-hydrogen) atoms. The summed E-state index contributed by atoms with van der Waals surface area (Å²) in [5.41, 5.74) is 2.56. The van der Waals surface area contributed by atoms with Crippen molar-refractivity contribution in [3.63, 3.8) is 0 Å². The fourth-order valence-electron chi connectivity index (χ4n) is 5.57. The van der Waals surface area contributed by atoms with Gasteiger partial charge in [-0.25, -0.2) is 14.5 Å². The van der Waals surface area contributed by atoms with Crippen LogP contribution in [-0.2, 0) is 4.79 Å². The molecule has 11 nitrogen and oxygen atoms in total. The molecule has 0 spiro atoms. The Kier molecular flexibility index (Phi) is 7.39. The Morgan fingerprint density at radius 3 is 2.78 bits per heavy atom. The average Bonchev–Trinajstić information content (AvgIpc) is 3.67. The molecule has 0 saturated carbocycles. The fraction of sp³-hybridized carbons (Fsp3) is 0.379. The summed E-state index contributed by atoms with van der Waals surface area (Å²) in [5, 5.41) is 8.25. The smallest absolute Gasteiger partial charge is 0.274 e. The maximum absolute atomic E-state index is 13.6. The quantitative estimate of drug-likeness (QED) is 0.391. The van der Waals surface area contributed by atoms with Gasteiger partial charge in [0.15, 0.2) is 11.3 Å². The van der Waals surface area contributed by atoms with Crippen LogP contribution in [0.3, 0.4) is 0 Å². The number of carbonyl (C=O) groups is 3. The number of imidazole rings is 1. The Bertz CT molecular complexity index is 1620. The van der Waals surface area contributed by atoms with Gasteiger partial charge >= 0.3 is 0 Å². The van der Waals surface area contributed by atoms with Gasteiger partial charge in [-0.05, 0) is 56.5 Å². The molecular weight excluding hydrogens is 542 g/mol. The molecule has 0 aliphatic carbocycles. The molecule has 5 heterocycles. The average molecular weight is 574 g/mol.